The fourth-order valence-electron chi connectivity index (χ4n) is 2.21. The lowest BCUT2D eigenvalue weighted by molar-refractivity contribution is 0.151. The van der Waals surface area contributed by atoms with E-state index in [4.69, 9.17) is 15.6 Å². The number of hydrogen-bond acceptors (Lipinski definition) is 4. The van der Waals surface area contributed by atoms with Crippen molar-refractivity contribution in [2.45, 2.75) is 43.1 Å². The second-order valence-electron chi connectivity index (χ2n) is 4.63. The molecule has 6 heteroatoms. The Labute approximate surface area is 107 Å². The van der Waals surface area contributed by atoms with Crippen molar-refractivity contribution >= 4 is 15.7 Å². The standard InChI is InChI=1S/C12H18N2O3S/c13-9-6-7-11(12(8-9)18(14,15)16)17-10-4-2-1-3-5-10/h6-8,10H,1-5,13H2,(H2,14,15,16). The number of nitrogen functional groups attached to an aromatic ring is 1. The zero-order valence-corrected chi connectivity index (χ0v) is 10.9. The molecule has 0 radical (unpaired) electrons. The molecule has 1 fully saturated rings. The number of sulfonamides is 1. The first kappa shape index (κ1) is 13.2. The molecule has 0 bridgehead atoms. The van der Waals surface area contributed by atoms with Crippen molar-refractivity contribution in [1.82, 2.24) is 0 Å². The summed E-state index contributed by atoms with van der Waals surface area (Å²) in [4.78, 5) is -0.0342. The van der Waals surface area contributed by atoms with Gasteiger partial charge in [0.25, 0.3) is 0 Å². The van der Waals surface area contributed by atoms with Crippen LogP contribution in [0.3, 0.4) is 0 Å². The van der Waals surface area contributed by atoms with Gasteiger partial charge in [-0.05, 0) is 43.9 Å². The van der Waals surface area contributed by atoms with Crippen LogP contribution < -0.4 is 15.6 Å². The SMILES string of the molecule is Nc1ccc(OC2CCCCC2)c(S(N)(=O)=O)c1. The molecule has 5 nitrogen and oxygen atoms in total. The van der Waals surface area contributed by atoms with Gasteiger partial charge < -0.3 is 10.5 Å². The first-order valence-corrected chi connectivity index (χ1v) is 7.60. The van der Waals surface area contributed by atoms with Gasteiger partial charge >= 0.3 is 0 Å². The van der Waals surface area contributed by atoms with Crippen LogP contribution in [0.5, 0.6) is 5.75 Å². The number of ether oxygens (including phenoxy) is 1. The van der Waals surface area contributed by atoms with Gasteiger partial charge in [-0.1, -0.05) is 6.42 Å². The van der Waals surface area contributed by atoms with Crippen LogP contribution in [-0.2, 0) is 10.0 Å². The van der Waals surface area contributed by atoms with Gasteiger partial charge in [-0.25, -0.2) is 13.6 Å². The third kappa shape index (κ3) is 3.14. The van der Waals surface area contributed by atoms with Gasteiger partial charge in [0.1, 0.15) is 10.6 Å². The summed E-state index contributed by atoms with van der Waals surface area (Å²) in [7, 11) is -3.81. The topological polar surface area (TPSA) is 95.4 Å². The summed E-state index contributed by atoms with van der Waals surface area (Å²) >= 11 is 0. The lowest BCUT2D eigenvalue weighted by Crippen LogP contribution is -2.22. The van der Waals surface area contributed by atoms with Crippen molar-refractivity contribution in [3.05, 3.63) is 18.2 Å². The number of anilines is 1. The molecule has 0 atom stereocenters. The third-order valence-electron chi connectivity index (χ3n) is 3.12. The summed E-state index contributed by atoms with van der Waals surface area (Å²) in [5.74, 6) is 0.304. The van der Waals surface area contributed by atoms with Crippen LogP contribution >= 0.6 is 0 Å². The molecule has 1 aliphatic carbocycles. The number of nitrogens with two attached hydrogens (primary N) is 2. The maximum absolute atomic E-state index is 11.5. The van der Waals surface area contributed by atoms with Crippen LogP contribution in [0.15, 0.2) is 23.1 Å². The molecule has 2 rings (SSSR count). The number of primary sulfonamides is 1. The Hall–Kier alpha value is -1.27. The molecule has 1 saturated carbocycles. The van der Waals surface area contributed by atoms with Crippen LogP contribution in [0.2, 0.25) is 0 Å². The van der Waals surface area contributed by atoms with E-state index in [0.717, 1.165) is 25.7 Å². The van der Waals surface area contributed by atoms with E-state index in [0.29, 0.717) is 11.4 Å². The molecule has 0 saturated heterocycles. The number of rotatable bonds is 3. The Morgan fingerprint density at radius 1 is 1.17 bits per heavy atom. The first-order chi connectivity index (χ1) is 8.47. The van der Waals surface area contributed by atoms with Gasteiger partial charge in [0.2, 0.25) is 10.0 Å². The van der Waals surface area contributed by atoms with E-state index in [9.17, 15) is 8.42 Å². The highest BCUT2D eigenvalue weighted by Crippen LogP contribution is 2.29. The Bertz CT molecular complexity index is 522. The molecule has 0 aromatic heterocycles. The van der Waals surface area contributed by atoms with E-state index in [1.807, 2.05) is 0 Å². The lowest BCUT2D eigenvalue weighted by Gasteiger charge is -2.24. The van der Waals surface area contributed by atoms with Gasteiger partial charge in [-0.2, -0.15) is 0 Å². The van der Waals surface area contributed by atoms with Crippen LogP contribution in [0.25, 0.3) is 0 Å². The van der Waals surface area contributed by atoms with Crippen LogP contribution in [0.1, 0.15) is 32.1 Å². The number of hydrogen-bond donors (Lipinski definition) is 2. The molecule has 4 N–H and O–H groups in total. The monoisotopic (exact) mass is 270 g/mol. The zero-order valence-electron chi connectivity index (χ0n) is 10.1. The summed E-state index contributed by atoms with van der Waals surface area (Å²) in [5, 5.41) is 5.17. The van der Waals surface area contributed by atoms with Crippen LogP contribution in [0.4, 0.5) is 5.69 Å². The molecule has 0 heterocycles. The Morgan fingerprint density at radius 2 is 1.83 bits per heavy atom. The average Bonchev–Trinajstić information content (AvgIpc) is 2.31. The van der Waals surface area contributed by atoms with Crippen molar-refractivity contribution in [3.63, 3.8) is 0 Å². The summed E-state index contributed by atoms with van der Waals surface area (Å²) < 4.78 is 28.7. The fraction of sp³-hybridized carbons (Fsp3) is 0.500. The molecular weight excluding hydrogens is 252 g/mol. The van der Waals surface area contributed by atoms with E-state index in [2.05, 4.69) is 0 Å². The second-order valence-corrected chi connectivity index (χ2v) is 6.16. The van der Waals surface area contributed by atoms with Crippen molar-refractivity contribution in [1.29, 1.82) is 0 Å². The predicted molar refractivity (Wildman–Crippen MR) is 69.7 cm³/mol. The van der Waals surface area contributed by atoms with Gasteiger partial charge in [0, 0.05) is 5.69 Å². The summed E-state index contributed by atoms with van der Waals surface area (Å²) in [6.07, 6.45) is 5.42. The molecule has 0 spiro atoms. The maximum Gasteiger partial charge on any atom is 0.241 e. The van der Waals surface area contributed by atoms with Gasteiger partial charge in [-0.3, -0.25) is 0 Å². The minimum atomic E-state index is -3.81. The van der Waals surface area contributed by atoms with Gasteiger partial charge in [-0.15, -0.1) is 0 Å². The molecule has 1 aromatic rings. The summed E-state index contributed by atoms with van der Waals surface area (Å²) in [5.41, 5.74) is 5.94. The van der Waals surface area contributed by atoms with Crippen molar-refractivity contribution in [3.8, 4) is 5.75 Å². The highest BCUT2D eigenvalue weighted by molar-refractivity contribution is 7.89. The van der Waals surface area contributed by atoms with Gasteiger partial charge in [0.15, 0.2) is 0 Å². The molecule has 0 unspecified atom stereocenters. The molecule has 1 aromatic carbocycles. The third-order valence-corrected chi connectivity index (χ3v) is 4.05. The summed E-state index contributed by atoms with van der Waals surface area (Å²) in [6.45, 7) is 0. The number of benzene rings is 1. The minimum absolute atomic E-state index is 0.0342. The van der Waals surface area contributed by atoms with E-state index in [1.165, 1.54) is 12.5 Å². The maximum atomic E-state index is 11.5. The van der Waals surface area contributed by atoms with E-state index >= 15 is 0 Å². The Balaban J connectivity index is 2.26. The molecule has 0 aliphatic heterocycles. The normalized spacial score (nSPS) is 17.6. The Kier molecular flexibility index (Phi) is 3.77. The van der Waals surface area contributed by atoms with Crippen molar-refractivity contribution in [2.75, 3.05) is 5.73 Å². The van der Waals surface area contributed by atoms with Gasteiger partial charge in [0.05, 0.1) is 6.10 Å². The second kappa shape index (κ2) is 5.16. The molecule has 18 heavy (non-hydrogen) atoms. The lowest BCUT2D eigenvalue weighted by atomic mass is 9.98. The largest absolute Gasteiger partial charge is 0.489 e. The van der Waals surface area contributed by atoms with Crippen molar-refractivity contribution in [2.24, 2.45) is 5.14 Å². The highest BCUT2D eigenvalue weighted by Gasteiger charge is 2.20. The molecule has 100 valence electrons. The fourth-order valence-corrected chi connectivity index (χ4v) is 2.90. The zero-order chi connectivity index (χ0) is 13.2. The average molecular weight is 270 g/mol. The summed E-state index contributed by atoms with van der Waals surface area (Å²) in [6, 6.07) is 4.53. The molecular formula is C12H18N2O3S. The first-order valence-electron chi connectivity index (χ1n) is 6.06. The van der Waals surface area contributed by atoms with Crippen LogP contribution in [-0.4, -0.2) is 14.5 Å². The Morgan fingerprint density at radius 3 is 2.44 bits per heavy atom. The quantitative estimate of drug-likeness (QED) is 0.816. The highest BCUT2D eigenvalue weighted by atomic mass is 32.2. The molecule has 1 aliphatic rings. The minimum Gasteiger partial charge on any atom is -0.489 e. The van der Waals surface area contributed by atoms with Crippen molar-refractivity contribution < 1.29 is 13.2 Å². The van der Waals surface area contributed by atoms with E-state index in [-0.39, 0.29) is 11.0 Å². The molecule has 0 amide bonds. The van der Waals surface area contributed by atoms with Crippen LogP contribution in [0, 0.1) is 0 Å². The van der Waals surface area contributed by atoms with E-state index in [1.54, 1.807) is 12.1 Å². The smallest absolute Gasteiger partial charge is 0.241 e. The van der Waals surface area contributed by atoms with E-state index < -0.39 is 10.0 Å². The predicted octanol–water partition coefficient (Wildman–Crippen LogP) is 1.63.